The van der Waals surface area contributed by atoms with E-state index in [2.05, 4.69) is 41.3 Å². The molecule has 0 spiro atoms. The van der Waals surface area contributed by atoms with Gasteiger partial charge in [0.05, 0.1) is 5.39 Å². The summed E-state index contributed by atoms with van der Waals surface area (Å²) in [4.78, 5) is 20.8. The lowest BCUT2D eigenvalue weighted by Gasteiger charge is -2.09. The van der Waals surface area contributed by atoms with Crippen LogP contribution in [0.1, 0.15) is 40.6 Å². The van der Waals surface area contributed by atoms with Gasteiger partial charge in [-0.1, -0.05) is 26.0 Å². The van der Waals surface area contributed by atoms with Gasteiger partial charge in [0.15, 0.2) is 0 Å². The summed E-state index contributed by atoms with van der Waals surface area (Å²) < 4.78 is 0. The summed E-state index contributed by atoms with van der Waals surface area (Å²) in [6.07, 6.45) is 1.45. The molecule has 0 saturated carbocycles. The largest absolute Gasteiger partial charge is 0.477 e. The summed E-state index contributed by atoms with van der Waals surface area (Å²) >= 11 is 1.17. The van der Waals surface area contributed by atoms with Crippen molar-refractivity contribution in [3.8, 4) is 0 Å². The van der Waals surface area contributed by atoms with E-state index in [0.717, 1.165) is 11.1 Å². The number of aryl methyl sites for hydroxylation is 1. The quantitative estimate of drug-likeness (QED) is 0.734. The van der Waals surface area contributed by atoms with E-state index >= 15 is 0 Å². The molecule has 1 aromatic carbocycles. The minimum atomic E-state index is -0.933. The van der Waals surface area contributed by atoms with Gasteiger partial charge in [-0.3, -0.25) is 0 Å². The van der Waals surface area contributed by atoms with E-state index in [1.54, 1.807) is 6.92 Å². The second-order valence-corrected chi connectivity index (χ2v) is 6.66. The molecule has 0 fully saturated rings. The Bertz CT molecular complexity index is 869. The Labute approximate surface area is 138 Å². The maximum Gasteiger partial charge on any atom is 0.346 e. The second-order valence-electron chi connectivity index (χ2n) is 5.67. The van der Waals surface area contributed by atoms with Crippen LogP contribution in [0.3, 0.4) is 0 Å². The number of carboxylic acid groups (broad SMARTS) is 1. The fraction of sp³-hybridized carbons (Fsp3) is 0.235. The molecule has 23 heavy (non-hydrogen) atoms. The molecule has 3 rings (SSSR count). The zero-order chi connectivity index (χ0) is 16.6. The minimum absolute atomic E-state index is 0.304. The Morgan fingerprint density at radius 2 is 1.91 bits per heavy atom. The van der Waals surface area contributed by atoms with Crippen LogP contribution in [0.15, 0.2) is 30.6 Å². The molecule has 3 aromatic rings. The number of benzene rings is 1. The lowest BCUT2D eigenvalue weighted by atomic mass is 10.0. The highest BCUT2D eigenvalue weighted by molar-refractivity contribution is 7.20. The van der Waals surface area contributed by atoms with Crippen molar-refractivity contribution in [3.63, 3.8) is 0 Å². The first-order valence-corrected chi connectivity index (χ1v) is 8.13. The monoisotopic (exact) mass is 327 g/mol. The molecule has 0 aliphatic heterocycles. The maximum absolute atomic E-state index is 11.3. The van der Waals surface area contributed by atoms with Gasteiger partial charge in [-0.25, -0.2) is 14.8 Å². The van der Waals surface area contributed by atoms with Gasteiger partial charge in [-0.2, -0.15) is 0 Å². The number of anilines is 2. The van der Waals surface area contributed by atoms with Crippen molar-refractivity contribution in [2.24, 2.45) is 0 Å². The van der Waals surface area contributed by atoms with Crippen LogP contribution >= 0.6 is 11.3 Å². The molecule has 0 radical (unpaired) electrons. The highest BCUT2D eigenvalue weighted by Crippen LogP contribution is 2.34. The molecule has 2 heterocycles. The first kappa shape index (κ1) is 15.4. The van der Waals surface area contributed by atoms with Crippen LogP contribution in [0.25, 0.3) is 10.2 Å². The minimum Gasteiger partial charge on any atom is -0.477 e. The van der Waals surface area contributed by atoms with E-state index < -0.39 is 5.97 Å². The maximum atomic E-state index is 11.3. The second kappa shape index (κ2) is 5.96. The molecule has 0 aliphatic rings. The average Bonchev–Trinajstić information content (AvgIpc) is 2.86. The van der Waals surface area contributed by atoms with E-state index in [1.807, 2.05) is 12.1 Å². The third-order valence-corrected chi connectivity index (χ3v) is 4.95. The van der Waals surface area contributed by atoms with Crippen molar-refractivity contribution in [2.45, 2.75) is 26.7 Å². The van der Waals surface area contributed by atoms with Crippen molar-refractivity contribution in [1.82, 2.24) is 9.97 Å². The summed E-state index contributed by atoms with van der Waals surface area (Å²) in [5.41, 5.74) is 2.87. The van der Waals surface area contributed by atoms with Gasteiger partial charge in [0, 0.05) is 5.69 Å². The van der Waals surface area contributed by atoms with Gasteiger partial charge in [0.2, 0.25) is 0 Å². The SMILES string of the molecule is Cc1c(C(=O)O)sc2ncnc(Nc3ccc(C(C)C)cc3)c12. The normalized spacial score (nSPS) is 11.1. The Kier molecular flexibility index (Phi) is 4.00. The molecule has 0 unspecified atom stereocenters. The zero-order valence-corrected chi connectivity index (χ0v) is 13.9. The molecule has 5 nitrogen and oxygen atoms in total. The van der Waals surface area contributed by atoms with Crippen LogP contribution in [-0.4, -0.2) is 21.0 Å². The van der Waals surface area contributed by atoms with E-state index in [9.17, 15) is 9.90 Å². The van der Waals surface area contributed by atoms with E-state index in [-0.39, 0.29) is 0 Å². The zero-order valence-electron chi connectivity index (χ0n) is 13.1. The lowest BCUT2D eigenvalue weighted by Crippen LogP contribution is -1.97. The van der Waals surface area contributed by atoms with Crippen molar-refractivity contribution in [1.29, 1.82) is 0 Å². The number of rotatable bonds is 4. The number of fused-ring (bicyclic) bond motifs is 1. The third-order valence-electron chi connectivity index (χ3n) is 3.76. The number of hydrogen-bond acceptors (Lipinski definition) is 5. The Balaban J connectivity index is 2.01. The predicted octanol–water partition coefficient (Wildman–Crippen LogP) is 4.56. The molecule has 0 atom stereocenters. The Morgan fingerprint density at radius 3 is 2.52 bits per heavy atom. The highest BCUT2D eigenvalue weighted by Gasteiger charge is 2.18. The van der Waals surface area contributed by atoms with Gasteiger partial charge >= 0.3 is 5.97 Å². The summed E-state index contributed by atoms with van der Waals surface area (Å²) in [6.45, 7) is 6.09. The topological polar surface area (TPSA) is 75.1 Å². The number of aromatic carboxylic acids is 1. The van der Waals surface area contributed by atoms with Crippen molar-refractivity contribution in [2.75, 3.05) is 5.32 Å². The van der Waals surface area contributed by atoms with E-state index in [1.165, 1.54) is 23.2 Å². The Hall–Kier alpha value is -2.47. The molecule has 118 valence electrons. The number of nitrogens with zero attached hydrogens (tertiary/aromatic N) is 2. The molecule has 0 aliphatic carbocycles. The van der Waals surface area contributed by atoms with Crippen molar-refractivity contribution in [3.05, 3.63) is 46.6 Å². The first-order chi connectivity index (χ1) is 11.0. The van der Waals surface area contributed by atoms with Gasteiger partial charge in [-0.15, -0.1) is 11.3 Å². The lowest BCUT2D eigenvalue weighted by molar-refractivity contribution is 0.0701. The predicted molar refractivity (Wildman–Crippen MR) is 92.9 cm³/mol. The van der Waals surface area contributed by atoms with Crippen LogP contribution in [-0.2, 0) is 0 Å². The third kappa shape index (κ3) is 2.90. The number of hydrogen-bond donors (Lipinski definition) is 2. The fourth-order valence-electron chi connectivity index (χ4n) is 2.46. The van der Waals surface area contributed by atoms with Crippen molar-refractivity contribution < 1.29 is 9.90 Å². The van der Waals surface area contributed by atoms with Crippen LogP contribution in [0.5, 0.6) is 0 Å². The molecule has 2 aromatic heterocycles. The van der Waals surface area contributed by atoms with Crippen LogP contribution in [0.2, 0.25) is 0 Å². The number of carbonyl (C=O) groups is 1. The van der Waals surface area contributed by atoms with Gasteiger partial charge in [-0.05, 0) is 36.1 Å². The van der Waals surface area contributed by atoms with Gasteiger partial charge in [0.25, 0.3) is 0 Å². The number of nitrogens with one attached hydrogen (secondary N) is 1. The molecule has 0 saturated heterocycles. The smallest absolute Gasteiger partial charge is 0.346 e. The van der Waals surface area contributed by atoms with Crippen LogP contribution < -0.4 is 5.32 Å². The standard InChI is InChI=1S/C17H17N3O2S/c1-9(2)11-4-6-12(7-5-11)20-15-13-10(3)14(17(21)22)23-16(13)19-8-18-15/h4-9H,1-3H3,(H,21,22)(H,18,19,20). The first-order valence-electron chi connectivity index (χ1n) is 7.31. The van der Waals surface area contributed by atoms with Crippen LogP contribution in [0, 0.1) is 6.92 Å². The van der Waals surface area contributed by atoms with Crippen molar-refractivity contribution >= 4 is 39.0 Å². The molecule has 6 heteroatoms. The molecule has 2 N–H and O–H groups in total. The molecule has 0 amide bonds. The summed E-state index contributed by atoms with van der Waals surface area (Å²) in [5, 5.41) is 13.3. The average molecular weight is 327 g/mol. The van der Waals surface area contributed by atoms with Crippen LogP contribution in [0.4, 0.5) is 11.5 Å². The highest BCUT2D eigenvalue weighted by atomic mass is 32.1. The summed E-state index contributed by atoms with van der Waals surface area (Å²) in [7, 11) is 0. The number of carboxylic acids is 1. The number of aromatic nitrogens is 2. The van der Waals surface area contributed by atoms with E-state index in [0.29, 0.717) is 27.0 Å². The molecular weight excluding hydrogens is 310 g/mol. The molecular formula is C17H17N3O2S. The number of thiophene rings is 1. The summed E-state index contributed by atoms with van der Waals surface area (Å²) in [6, 6.07) is 8.16. The van der Waals surface area contributed by atoms with Gasteiger partial charge < -0.3 is 10.4 Å². The fourth-order valence-corrected chi connectivity index (χ4v) is 3.45. The van der Waals surface area contributed by atoms with E-state index in [4.69, 9.17) is 0 Å². The van der Waals surface area contributed by atoms with Gasteiger partial charge in [0.1, 0.15) is 21.9 Å². The molecule has 0 bridgehead atoms. The summed E-state index contributed by atoms with van der Waals surface area (Å²) in [5.74, 6) is 0.179. The Morgan fingerprint density at radius 1 is 1.22 bits per heavy atom.